The van der Waals surface area contributed by atoms with E-state index >= 15 is 0 Å². The number of nitrogens with zero attached hydrogens (tertiary/aromatic N) is 4. The van der Waals surface area contributed by atoms with Crippen molar-refractivity contribution in [1.82, 2.24) is 19.8 Å². The standard InChI is InChI=1S/C24H26N6O3S/c1-29-15-26-12-17(29)13-27-24(32)30-10-9-18-19(11-25)23(34-21(18)14-30)28-22(31)8-7-16-5-3-4-6-20(16)33-2/h3-6,12,15H,7-10,13-14H2,1-2H3,(H,27,32)(H,28,31). The first-order valence-corrected chi connectivity index (χ1v) is 11.8. The molecule has 0 bridgehead atoms. The van der Waals surface area contributed by atoms with Crippen molar-refractivity contribution < 1.29 is 14.3 Å². The van der Waals surface area contributed by atoms with Gasteiger partial charge < -0.3 is 24.8 Å². The lowest BCUT2D eigenvalue weighted by molar-refractivity contribution is -0.116. The summed E-state index contributed by atoms with van der Waals surface area (Å²) >= 11 is 1.37. The van der Waals surface area contributed by atoms with Crippen LogP contribution in [0.4, 0.5) is 9.80 Å². The number of nitrogens with one attached hydrogen (secondary N) is 2. The molecule has 3 heterocycles. The number of rotatable bonds is 7. The number of amides is 3. The van der Waals surface area contributed by atoms with Crippen molar-refractivity contribution in [2.24, 2.45) is 7.05 Å². The minimum atomic E-state index is -0.166. The highest BCUT2D eigenvalue weighted by molar-refractivity contribution is 7.16. The Morgan fingerprint density at radius 3 is 2.88 bits per heavy atom. The number of aryl methyl sites for hydroxylation is 2. The highest BCUT2D eigenvalue weighted by Gasteiger charge is 2.27. The minimum Gasteiger partial charge on any atom is -0.496 e. The molecule has 34 heavy (non-hydrogen) atoms. The third kappa shape index (κ3) is 5.05. The lowest BCUT2D eigenvalue weighted by Crippen LogP contribution is -2.42. The number of thiophene rings is 1. The molecule has 0 aliphatic carbocycles. The summed E-state index contributed by atoms with van der Waals surface area (Å²) in [6, 6.07) is 9.68. The maximum absolute atomic E-state index is 12.7. The minimum absolute atomic E-state index is 0.160. The van der Waals surface area contributed by atoms with Gasteiger partial charge >= 0.3 is 6.03 Å². The summed E-state index contributed by atoms with van der Waals surface area (Å²) < 4.78 is 7.20. The van der Waals surface area contributed by atoms with Crippen LogP contribution in [0.2, 0.25) is 0 Å². The number of anilines is 1. The second-order valence-electron chi connectivity index (χ2n) is 8.01. The van der Waals surface area contributed by atoms with Gasteiger partial charge in [0.1, 0.15) is 16.8 Å². The fourth-order valence-electron chi connectivity index (χ4n) is 3.96. The number of ether oxygens (including phenoxy) is 1. The van der Waals surface area contributed by atoms with Gasteiger partial charge in [0.15, 0.2) is 0 Å². The van der Waals surface area contributed by atoms with Crippen molar-refractivity contribution in [2.45, 2.75) is 32.4 Å². The van der Waals surface area contributed by atoms with E-state index in [1.807, 2.05) is 35.9 Å². The number of nitriles is 1. The van der Waals surface area contributed by atoms with Crippen LogP contribution in [0, 0.1) is 11.3 Å². The number of methoxy groups -OCH3 is 1. The molecule has 0 radical (unpaired) electrons. The summed E-state index contributed by atoms with van der Waals surface area (Å²) in [7, 11) is 3.49. The van der Waals surface area contributed by atoms with Crippen LogP contribution in [0.1, 0.15) is 33.7 Å². The van der Waals surface area contributed by atoms with Crippen LogP contribution in [-0.4, -0.2) is 40.0 Å². The van der Waals surface area contributed by atoms with Crippen LogP contribution in [0.25, 0.3) is 0 Å². The Morgan fingerprint density at radius 1 is 1.32 bits per heavy atom. The molecule has 9 nitrogen and oxygen atoms in total. The number of urea groups is 1. The molecule has 0 atom stereocenters. The molecule has 176 valence electrons. The lowest BCUT2D eigenvalue weighted by Gasteiger charge is -2.27. The predicted octanol–water partition coefficient (Wildman–Crippen LogP) is 3.20. The second-order valence-corrected chi connectivity index (χ2v) is 9.11. The Hall–Kier alpha value is -3.84. The number of hydrogen-bond donors (Lipinski definition) is 2. The molecule has 0 saturated carbocycles. The van der Waals surface area contributed by atoms with Gasteiger partial charge in [0.25, 0.3) is 0 Å². The van der Waals surface area contributed by atoms with Gasteiger partial charge in [-0.15, -0.1) is 11.3 Å². The molecular formula is C24H26N6O3S. The van der Waals surface area contributed by atoms with Crippen molar-refractivity contribution in [1.29, 1.82) is 5.26 Å². The van der Waals surface area contributed by atoms with Gasteiger partial charge in [0.2, 0.25) is 5.91 Å². The fraction of sp³-hybridized carbons (Fsp3) is 0.333. The topological polar surface area (TPSA) is 112 Å². The summed E-state index contributed by atoms with van der Waals surface area (Å²) in [5.41, 5.74) is 3.29. The van der Waals surface area contributed by atoms with Gasteiger partial charge in [-0.1, -0.05) is 18.2 Å². The number of benzene rings is 1. The Bertz CT molecular complexity index is 1240. The first kappa shape index (κ1) is 23.3. The molecule has 10 heteroatoms. The summed E-state index contributed by atoms with van der Waals surface area (Å²) in [6.07, 6.45) is 4.79. The van der Waals surface area contributed by atoms with Crippen LogP contribution in [0.5, 0.6) is 5.75 Å². The normalized spacial score (nSPS) is 12.6. The van der Waals surface area contributed by atoms with Crippen molar-refractivity contribution in [3.05, 3.63) is 64.1 Å². The van der Waals surface area contributed by atoms with Crippen molar-refractivity contribution in [3.8, 4) is 11.8 Å². The van der Waals surface area contributed by atoms with E-state index in [0.717, 1.165) is 27.4 Å². The molecule has 0 unspecified atom stereocenters. The third-order valence-corrected chi connectivity index (χ3v) is 6.99. The smallest absolute Gasteiger partial charge is 0.318 e. The molecule has 0 fully saturated rings. The number of hydrogen-bond acceptors (Lipinski definition) is 6. The van der Waals surface area contributed by atoms with E-state index in [4.69, 9.17) is 4.74 Å². The number of para-hydroxylation sites is 1. The third-order valence-electron chi connectivity index (χ3n) is 5.86. The molecular weight excluding hydrogens is 452 g/mol. The van der Waals surface area contributed by atoms with E-state index in [-0.39, 0.29) is 18.4 Å². The summed E-state index contributed by atoms with van der Waals surface area (Å²) in [5, 5.41) is 16.1. The molecule has 3 aromatic rings. The molecule has 4 rings (SSSR count). The number of imidazole rings is 1. The molecule has 1 aliphatic rings. The molecule has 0 saturated heterocycles. The zero-order chi connectivity index (χ0) is 24.1. The Morgan fingerprint density at radius 2 is 2.15 bits per heavy atom. The van der Waals surface area contributed by atoms with E-state index < -0.39 is 0 Å². The van der Waals surface area contributed by atoms with Gasteiger partial charge in [-0.25, -0.2) is 9.78 Å². The fourth-order valence-corrected chi connectivity index (χ4v) is 5.19. The number of fused-ring (bicyclic) bond motifs is 1. The molecule has 3 amide bonds. The summed E-state index contributed by atoms with van der Waals surface area (Å²) in [5.74, 6) is 0.591. The van der Waals surface area contributed by atoms with Gasteiger partial charge in [0.05, 0.1) is 37.8 Å². The Labute approximate surface area is 202 Å². The molecule has 1 aromatic carbocycles. The Balaban J connectivity index is 1.38. The maximum Gasteiger partial charge on any atom is 0.318 e. The van der Waals surface area contributed by atoms with E-state index in [2.05, 4.69) is 21.7 Å². The largest absolute Gasteiger partial charge is 0.496 e. The maximum atomic E-state index is 12.7. The number of aromatic nitrogens is 2. The average molecular weight is 479 g/mol. The first-order chi connectivity index (χ1) is 16.5. The SMILES string of the molecule is COc1ccccc1CCC(=O)Nc1sc2c(c1C#N)CCN(C(=O)NCc1cncn1C)C2. The van der Waals surface area contributed by atoms with Crippen molar-refractivity contribution in [3.63, 3.8) is 0 Å². The summed E-state index contributed by atoms with van der Waals surface area (Å²) in [6.45, 7) is 1.31. The second kappa shape index (κ2) is 10.4. The summed E-state index contributed by atoms with van der Waals surface area (Å²) in [4.78, 5) is 32.0. The van der Waals surface area contributed by atoms with Crippen LogP contribution in [-0.2, 0) is 37.8 Å². The van der Waals surface area contributed by atoms with Gasteiger partial charge in [-0.2, -0.15) is 5.26 Å². The number of carbonyl (C=O) groups is 2. The first-order valence-electron chi connectivity index (χ1n) is 10.9. The zero-order valence-corrected chi connectivity index (χ0v) is 19.9. The van der Waals surface area contributed by atoms with Gasteiger partial charge in [0, 0.05) is 31.1 Å². The predicted molar refractivity (Wildman–Crippen MR) is 129 cm³/mol. The van der Waals surface area contributed by atoms with Gasteiger partial charge in [-0.05, 0) is 30.0 Å². The number of carbonyl (C=O) groups excluding carboxylic acids is 2. The Kier molecular flexibility index (Phi) is 7.13. The van der Waals surface area contributed by atoms with Crippen LogP contribution in [0.3, 0.4) is 0 Å². The van der Waals surface area contributed by atoms with E-state index in [0.29, 0.717) is 43.0 Å². The van der Waals surface area contributed by atoms with E-state index in [9.17, 15) is 14.9 Å². The molecule has 2 aromatic heterocycles. The van der Waals surface area contributed by atoms with Gasteiger partial charge in [-0.3, -0.25) is 4.79 Å². The monoisotopic (exact) mass is 478 g/mol. The lowest BCUT2D eigenvalue weighted by atomic mass is 10.0. The molecule has 0 spiro atoms. The van der Waals surface area contributed by atoms with Crippen LogP contribution < -0.4 is 15.4 Å². The average Bonchev–Trinajstić information content (AvgIpc) is 3.42. The highest BCUT2D eigenvalue weighted by atomic mass is 32.1. The van der Waals surface area contributed by atoms with Crippen LogP contribution >= 0.6 is 11.3 Å². The molecule has 2 N–H and O–H groups in total. The zero-order valence-electron chi connectivity index (χ0n) is 19.1. The van der Waals surface area contributed by atoms with Crippen molar-refractivity contribution in [2.75, 3.05) is 19.0 Å². The van der Waals surface area contributed by atoms with Crippen molar-refractivity contribution >= 4 is 28.3 Å². The van der Waals surface area contributed by atoms with E-state index in [1.54, 1.807) is 24.5 Å². The van der Waals surface area contributed by atoms with E-state index in [1.165, 1.54) is 11.3 Å². The quantitative estimate of drug-likeness (QED) is 0.542. The highest BCUT2D eigenvalue weighted by Crippen LogP contribution is 2.36. The van der Waals surface area contributed by atoms with Crippen LogP contribution in [0.15, 0.2) is 36.8 Å². The molecule has 1 aliphatic heterocycles.